The summed E-state index contributed by atoms with van der Waals surface area (Å²) in [5.41, 5.74) is 0. The molecule has 0 fully saturated rings. The third-order valence-electron chi connectivity index (χ3n) is 1.95. The molecule has 4 nitrogen and oxygen atoms in total. The number of hydrogen-bond acceptors (Lipinski definition) is 4. The van der Waals surface area contributed by atoms with Gasteiger partial charge in [-0.05, 0) is 38.1 Å². The second kappa shape index (κ2) is 6.49. The molecule has 0 N–H and O–H groups in total. The van der Waals surface area contributed by atoms with Crippen LogP contribution in [0.2, 0.25) is 0 Å². The van der Waals surface area contributed by atoms with Crippen LogP contribution in [0.5, 0.6) is 0 Å². The molecule has 0 radical (unpaired) electrons. The zero-order valence-corrected chi connectivity index (χ0v) is 12.1. The molecule has 1 atom stereocenters. The summed E-state index contributed by atoms with van der Waals surface area (Å²) in [7, 11) is -3.71. The molecule has 0 aliphatic carbocycles. The van der Waals surface area contributed by atoms with E-state index in [4.69, 9.17) is 8.92 Å². The van der Waals surface area contributed by atoms with Crippen molar-refractivity contribution in [3.8, 4) is 0 Å². The fourth-order valence-electron chi connectivity index (χ4n) is 1.18. The fourth-order valence-corrected chi connectivity index (χ4v) is 2.52. The maximum atomic E-state index is 11.8. The van der Waals surface area contributed by atoms with E-state index in [9.17, 15) is 8.42 Å². The smallest absolute Gasteiger partial charge is 0.297 e. The van der Waals surface area contributed by atoms with Crippen molar-refractivity contribution in [2.75, 3.05) is 13.2 Å². The van der Waals surface area contributed by atoms with Crippen molar-refractivity contribution in [1.29, 1.82) is 0 Å². The largest absolute Gasteiger partial charge is 0.379 e. The van der Waals surface area contributed by atoms with E-state index < -0.39 is 16.2 Å². The summed E-state index contributed by atoms with van der Waals surface area (Å²) in [4.78, 5) is 0.143. The number of ether oxygens (including phenoxy) is 1. The summed E-state index contributed by atoms with van der Waals surface area (Å²) in [6.45, 7) is 4.29. The van der Waals surface area contributed by atoms with E-state index in [2.05, 4.69) is 15.9 Å². The van der Waals surface area contributed by atoms with Gasteiger partial charge in [-0.15, -0.1) is 0 Å². The summed E-state index contributed by atoms with van der Waals surface area (Å²) in [6, 6.07) is 6.30. The Hall–Kier alpha value is -0.430. The van der Waals surface area contributed by atoms with Crippen LogP contribution in [0.1, 0.15) is 13.8 Å². The van der Waals surface area contributed by atoms with Crippen LogP contribution in [-0.2, 0) is 19.0 Å². The molecule has 0 aliphatic rings. The van der Waals surface area contributed by atoms with Gasteiger partial charge in [0.05, 0.1) is 17.6 Å². The maximum Gasteiger partial charge on any atom is 0.297 e. The summed E-state index contributed by atoms with van der Waals surface area (Å²) in [5.74, 6) is 0. The number of benzene rings is 1. The van der Waals surface area contributed by atoms with E-state index in [0.29, 0.717) is 6.61 Å². The SMILES string of the molecule is CCOCC(C)OS(=O)(=O)c1ccc(Br)cc1. The zero-order valence-electron chi connectivity index (χ0n) is 9.72. The molecular weight excluding hydrogens is 308 g/mol. The van der Waals surface area contributed by atoms with Gasteiger partial charge in [-0.3, -0.25) is 4.18 Å². The van der Waals surface area contributed by atoms with Crippen molar-refractivity contribution >= 4 is 26.0 Å². The highest BCUT2D eigenvalue weighted by Gasteiger charge is 2.18. The Bertz CT molecular complexity index is 441. The van der Waals surface area contributed by atoms with Gasteiger partial charge in [0.2, 0.25) is 0 Å². The van der Waals surface area contributed by atoms with Gasteiger partial charge in [0.1, 0.15) is 0 Å². The molecule has 6 heteroatoms. The van der Waals surface area contributed by atoms with Crippen molar-refractivity contribution in [3.05, 3.63) is 28.7 Å². The van der Waals surface area contributed by atoms with E-state index in [-0.39, 0.29) is 11.5 Å². The Kier molecular flexibility index (Phi) is 5.58. The lowest BCUT2D eigenvalue weighted by molar-refractivity contribution is 0.0690. The average molecular weight is 323 g/mol. The zero-order chi connectivity index (χ0) is 12.9. The van der Waals surface area contributed by atoms with E-state index in [1.807, 2.05) is 6.92 Å². The van der Waals surface area contributed by atoms with Crippen LogP contribution in [0.3, 0.4) is 0 Å². The van der Waals surface area contributed by atoms with Crippen LogP contribution in [0.25, 0.3) is 0 Å². The normalized spacial score (nSPS) is 13.6. The van der Waals surface area contributed by atoms with Crippen LogP contribution in [-0.4, -0.2) is 27.7 Å². The Labute approximate surface area is 110 Å². The number of rotatable bonds is 6. The molecule has 1 aromatic rings. The predicted molar refractivity (Wildman–Crippen MR) is 68.4 cm³/mol. The number of halogens is 1. The Morgan fingerprint density at radius 3 is 2.41 bits per heavy atom. The van der Waals surface area contributed by atoms with Gasteiger partial charge in [0.15, 0.2) is 0 Å². The first kappa shape index (κ1) is 14.6. The molecule has 96 valence electrons. The molecule has 1 unspecified atom stereocenters. The lowest BCUT2D eigenvalue weighted by atomic mass is 10.4. The van der Waals surface area contributed by atoms with E-state index in [1.54, 1.807) is 19.1 Å². The van der Waals surface area contributed by atoms with Gasteiger partial charge in [-0.2, -0.15) is 8.42 Å². The van der Waals surface area contributed by atoms with Crippen molar-refractivity contribution < 1.29 is 17.3 Å². The predicted octanol–water partition coefficient (Wildman–Crippen LogP) is 2.58. The topological polar surface area (TPSA) is 52.6 Å². The van der Waals surface area contributed by atoms with Crippen LogP contribution < -0.4 is 0 Å². The summed E-state index contributed by atoms with van der Waals surface area (Å²) >= 11 is 3.24. The van der Waals surface area contributed by atoms with Crippen LogP contribution in [0.15, 0.2) is 33.6 Å². The van der Waals surface area contributed by atoms with Gasteiger partial charge in [0.25, 0.3) is 10.1 Å². The third kappa shape index (κ3) is 4.75. The van der Waals surface area contributed by atoms with Crippen molar-refractivity contribution in [1.82, 2.24) is 0 Å². The van der Waals surface area contributed by atoms with Crippen molar-refractivity contribution in [2.45, 2.75) is 24.8 Å². The minimum absolute atomic E-state index is 0.143. The van der Waals surface area contributed by atoms with E-state index in [1.165, 1.54) is 12.1 Å². The van der Waals surface area contributed by atoms with Crippen molar-refractivity contribution in [2.24, 2.45) is 0 Å². The minimum Gasteiger partial charge on any atom is -0.379 e. The van der Waals surface area contributed by atoms with Crippen LogP contribution >= 0.6 is 15.9 Å². The van der Waals surface area contributed by atoms with Gasteiger partial charge in [-0.1, -0.05) is 15.9 Å². The molecule has 0 aromatic heterocycles. The van der Waals surface area contributed by atoms with Crippen molar-refractivity contribution in [3.63, 3.8) is 0 Å². The van der Waals surface area contributed by atoms with E-state index in [0.717, 1.165) is 4.47 Å². The highest BCUT2D eigenvalue weighted by Crippen LogP contribution is 2.17. The van der Waals surface area contributed by atoms with Gasteiger partial charge in [0, 0.05) is 11.1 Å². The minimum atomic E-state index is -3.71. The second-order valence-electron chi connectivity index (χ2n) is 3.47. The summed E-state index contributed by atoms with van der Waals surface area (Å²) in [6.07, 6.45) is -0.497. The molecule has 0 aliphatic heterocycles. The third-order valence-corrected chi connectivity index (χ3v) is 3.91. The second-order valence-corrected chi connectivity index (χ2v) is 5.96. The summed E-state index contributed by atoms with van der Waals surface area (Å²) < 4.78 is 34.6. The molecule has 0 saturated carbocycles. The molecule has 0 saturated heterocycles. The summed E-state index contributed by atoms with van der Waals surface area (Å²) in [5, 5.41) is 0. The quantitative estimate of drug-likeness (QED) is 0.755. The standard InChI is InChI=1S/C11H15BrO4S/c1-3-15-8-9(2)16-17(13,14)11-6-4-10(12)5-7-11/h4-7,9H,3,8H2,1-2H3. The van der Waals surface area contributed by atoms with E-state index >= 15 is 0 Å². The Balaban J connectivity index is 2.71. The molecule has 0 heterocycles. The Morgan fingerprint density at radius 1 is 1.29 bits per heavy atom. The highest BCUT2D eigenvalue weighted by molar-refractivity contribution is 9.10. The monoisotopic (exact) mass is 322 g/mol. The molecule has 1 rings (SSSR count). The first-order chi connectivity index (χ1) is 7.95. The lowest BCUT2D eigenvalue weighted by Gasteiger charge is -2.12. The molecule has 0 spiro atoms. The van der Waals surface area contributed by atoms with Crippen LogP contribution in [0.4, 0.5) is 0 Å². The number of hydrogen-bond donors (Lipinski definition) is 0. The van der Waals surface area contributed by atoms with Gasteiger partial charge >= 0.3 is 0 Å². The fraction of sp³-hybridized carbons (Fsp3) is 0.455. The Morgan fingerprint density at radius 2 is 1.88 bits per heavy atom. The molecular formula is C11H15BrO4S. The van der Waals surface area contributed by atoms with Gasteiger partial charge in [-0.25, -0.2) is 0 Å². The van der Waals surface area contributed by atoms with Gasteiger partial charge < -0.3 is 4.74 Å². The highest BCUT2D eigenvalue weighted by atomic mass is 79.9. The molecule has 17 heavy (non-hydrogen) atoms. The first-order valence-electron chi connectivity index (χ1n) is 5.22. The van der Waals surface area contributed by atoms with Crippen LogP contribution in [0, 0.1) is 0 Å². The average Bonchev–Trinajstić information content (AvgIpc) is 2.26. The first-order valence-corrected chi connectivity index (χ1v) is 7.42. The molecule has 0 bridgehead atoms. The maximum absolute atomic E-state index is 11.8. The lowest BCUT2D eigenvalue weighted by Crippen LogP contribution is -2.20. The molecule has 1 aromatic carbocycles. The molecule has 0 amide bonds.